The molecule has 58 valence electrons. The molecule has 1 heteroatoms. The van der Waals surface area contributed by atoms with Crippen LogP contribution in [0, 0.1) is 5.92 Å². The third-order valence-electron chi connectivity index (χ3n) is 1.29. The molecular formula is C9H17N. The van der Waals surface area contributed by atoms with E-state index in [0.29, 0.717) is 5.92 Å². The van der Waals surface area contributed by atoms with Crippen molar-refractivity contribution < 1.29 is 0 Å². The lowest BCUT2D eigenvalue weighted by molar-refractivity contribution is 0.903. The van der Waals surface area contributed by atoms with Crippen molar-refractivity contribution in [1.29, 1.82) is 0 Å². The minimum atomic E-state index is 0.550. The molecule has 1 nitrogen and oxygen atoms in total. The van der Waals surface area contributed by atoms with Crippen molar-refractivity contribution in [2.45, 2.75) is 34.6 Å². The van der Waals surface area contributed by atoms with Crippen LogP contribution in [0.5, 0.6) is 0 Å². The van der Waals surface area contributed by atoms with E-state index in [-0.39, 0.29) is 0 Å². The second-order valence-corrected chi connectivity index (χ2v) is 3.11. The number of nitrogens with zero attached hydrogens (tertiary/aromatic N) is 1. The maximum atomic E-state index is 4.28. The summed E-state index contributed by atoms with van der Waals surface area (Å²) in [7, 11) is 0. The monoisotopic (exact) mass is 139 g/mol. The summed E-state index contributed by atoms with van der Waals surface area (Å²) in [4.78, 5) is 4.28. The normalized spacial score (nSPS) is 11.0. The third kappa shape index (κ3) is 4.30. The molecule has 0 bridgehead atoms. The van der Waals surface area contributed by atoms with Gasteiger partial charge < -0.3 is 0 Å². The first-order chi connectivity index (χ1) is 4.54. The summed E-state index contributed by atoms with van der Waals surface area (Å²) < 4.78 is 0. The fourth-order valence-electron chi connectivity index (χ4n) is 0.390. The molecule has 0 atom stereocenters. The molecule has 0 saturated carbocycles. The maximum Gasteiger partial charge on any atom is 0.0355 e. The minimum absolute atomic E-state index is 0.550. The van der Waals surface area contributed by atoms with Gasteiger partial charge in [0, 0.05) is 11.9 Å². The molecule has 0 fully saturated rings. The van der Waals surface area contributed by atoms with Crippen molar-refractivity contribution in [3.05, 3.63) is 11.3 Å². The summed E-state index contributed by atoms with van der Waals surface area (Å²) >= 11 is 0. The van der Waals surface area contributed by atoms with Gasteiger partial charge in [-0.3, -0.25) is 4.99 Å². The van der Waals surface area contributed by atoms with E-state index in [1.54, 1.807) is 0 Å². The van der Waals surface area contributed by atoms with Crippen molar-refractivity contribution in [2.24, 2.45) is 10.9 Å². The largest absolute Gasteiger partial charge is 0.266 e. The van der Waals surface area contributed by atoms with E-state index in [0.717, 1.165) is 5.70 Å². The second-order valence-electron chi connectivity index (χ2n) is 3.11. The third-order valence-corrected chi connectivity index (χ3v) is 1.29. The van der Waals surface area contributed by atoms with Gasteiger partial charge in [0.05, 0.1) is 0 Å². The van der Waals surface area contributed by atoms with Crippen LogP contribution in [0.3, 0.4) is 0 Å². The van der Waals surface area contributed by atoms with E-state index in [2.05, 4.69) is 32.7 Å². The molecule has 0 saturated heterocycles. The number of allylic oxidation sites excluding steroid dienone is 2. The SMILES string of the molecule is CC(C)=C(C)/N=C\C(C)C. The summed E-state index contributed by atoms with van der Waals surface area (Å²) in [5, 5.41) is 0. The van der Waals surface area contributed by atoms with Crippen LogP contribution < -0.4 is 0 Å². The number of hydrogen-bond acceptors (Lipinski definition) is 1. The predicted octanol–water partition coefficient (Wildman–Crippen LogP) is 3.03. The van der Waals surface area contributed by atoms with Crippen molar-refractivity contribution in [3.63, 3.8) is 0 Å². The first-order valence-corrected chi connectivity index (χ1v) is 3.72. The summed E-state index contributed by atoms with van der Waals surface area (Å²) in [5.41, 5.74) is 2.42. The molecule has 0 radical (unpaired) electrons. The number of aliphatic imine (C=N–C) groups is 1. The molecule has 0 aromatic rings. The standard InChI is InChI=1S/C9H17N/c1-7(2)6-10-9(5)8(3)4/h6-7H,1-5H3/b10-6-. The molecule has 0 spiro atoms. The van der Waals surface area contributed by atoms with Crippen molar-refractivity contribution in [3.8, 4) is 0 Å². The average molecular weight is 139 g/mol. The highest BCUT2D eigenvalue weighted by Gasteiger charge is 1.87. The summed E-state index contributed by atoms with van der Waals surface area (Å²) in [6.45, 7) is 10.4. The summed E-state index contributed by atoms with van der Waals surface area (Å²) in [6.07, 6.45) is 1.97. The smallest absolute Gasteiger partial charge is 0.0355 e. The van der Waals surface area contributed by atoms with Crippen LogP contribution >= 0.6 is 0 Å². The highest BCUT2D eigenvalue weighted by Crippen LogP contribution is 2.02. The Bertz CT molecular complexity index is 148. The highest BCUT2D eigenvalue weighted by atomic mass is 14.7. The molecule has 0 aliphatic carbocycles. The van der Waals surface area contributed by atoms with E-state index in [1.165, 1.54) is 5.57 Å². The molecule has 0 aliphatic heterocycles. The maximum absolute atomic E-state index is 4.28. The van der Waals surface area contributed by atoms with E-state index in [9.17, 15) is 0 Å². The van der Waals surface area contributed by atoms with Crippen LogP contribution in [-0.2, 0) is 0 Å². The lowest BCUT2D eigenvalue weighted by atomic mass is 10.2. The Kier molecular flexibility index (Phi) is 4.01. The van der Waals surface area contributed by atoms with Gasteiger partial charge in [-0.05, 0) is 26.7 Å². The first kappa shape index (κ1) is 9.41. The van der Waals surface area contributed by atoms with Crippen LogP contribution in [0.25, 0.3) is 0 Å². The Labute approximate surface area is 63.9 Å². The highest BCUT2D eigenvalue weighted by molar-refractivity contribution is 5.61. The zero-order chi connectivity index (χ0) is 8.15. The molecule has 0 aliphatic rings. The van der Waals surface area contributed by atoms with E-state index >= 15 is 0 Å². The van der Waals surface area contributed by atoms with Gasteiger partial charge >= 0.3 is 0 Å². The number of rotatable bonds is 2. The van der Waals surface area contributed by atoms with Crippen LogP contribution in [0.2, 0.25) is 0 Å². The molecule has 0 aromatic carbocycles. The second kappa shape index (κ2) is 4.26. The Balaban J connectivity index is 4.03. The molecule has 0 amide bonds. The van der Waals surface area contributed by atoms with Crippen LogP contribution in [0.1, 0.15) is 34.6 Å². The Morgan fingerprint density at radius 2 is 1.70 bits per heavy atom. The predicted molar refractivity (Wildman–Crippen MR) is 47.4 cm³/mol. The molecule has 0 aromatic heterocycles. The summed E-state index contributed by atoms with van der Waals surface area (Å²) in [5.74, 6) is 0.550. The van der Waals surface area contributed by atoms with E-state index < -0.39 is 0 Å². The minimum Gasteiger partial charge on any atom is -0.266 e. The van der Waals surface area contributed by atoms with Gasteiger partial charge in [0.15, 0.2) is 0 Å². The van der Waals surface area contributed by atoms with Gasteiger partial charge in [-0.1, -0.05) is 19.4 Å². The van der Waals surface area contributed by atoms with E-state index in [4.69, 9.17) is 0 Å². The molecular weight excluding hydrogens is 122 g/mol. The molecule has 0 heterocycles. The van der Waals surface area contributed by atoms with Gasteiger partial charge in [-0.25, -0.2) is 0 Å². The Morgan fingerprint density at radius 1 is 1.20 bits per heavy atom. The molecule has 0 rings (SSSR count). The zero-order valence-corrected chi connectivity index (χ0v) is 7.60. The van der Waals surface area contributed by atoms with Gasteiger partial charge in [0.25, 0.3) is 0 Å². The van der Waals surface area contributed by atoms with Crippen LogP contribution in [0.15, 0.2) is 16.3 Å². The number of hydrogen-bond donors (Lipinski definition) is 0. The Hall–Kier alpha value is -0.590. The van der Waals surface area contributed by atoms with Gasteiger partial charge in [0.1, 0.15) is 0 Å². The lowest BCUT2D eigenvalue weighted by Gasteiger charge is -1.96. The fraction of sp³-hybridized carbons (Fsp3) is 0.667. The average Bonchev–Trinajstić information content (AvgIpc) is 1.82. The van der Waals surface area contributed by atoms with Gasteiger partial charge in [-0.15, -0.1) is 0 Å². The van der Waals surface area contributed by atoms with Crippen LogP contribution in [-0.4, -0.2) is 6.21 Å². The van der Waals surface area contributed by atoms with E-state index in [1.807, 2.05) is 13.1 Å². The van der Waals surface area contributed by atoms with Crippen molar-refractivity contribution >= 4 is 6.21 Å². The fourth-order valence-corrected chi connectivity index (χ4v) is 0.390. The zero-order valence-electron chi connectivity index (χ0n) is 7.60. The van der Waals surface area contributed by atoms with Gasteiger partial charge in [-0.2, -0.15) is 0 Å². The van der Waals surface area contributed by atoms with Crippen molar-refractivity contribution in [1.82, 2.24) is 0 Å². The first-order valence-electron chi connectivity index (χ1n) is 3.72. The summed E-state index contributed by atoms with van der Waals surface area (Å²) in [6, 6.07) is 0. The molecule has 10 heavy (non-hydrogen) atoms. The topological polar surface area (TPSA) is 12.4 Å². The molecule has 0 N–H and O–H groups in total. The van der Waals surface area contributed by atoms with Crippen molar-refractivity contribution in [2.75, 3.05) is 0 Å². The molecule has 0 unspecified atom stereocenters. The lowest BCUT2D eigenvalue weighted by Crippen LogP contribution is -1.87. The Morgan fingerprint density at radius 3 is 2.00 bits per heavy atom. The van der Waals surface area contributed by atoms with Gasteiger partial charge in [0.2, 0.25) is 0 Å². The quantitative estimate of drug-likeness (QED) is 0.521. The van der Waals surface area contributed by atoms with Crippen LogP contribution in [0.4, 0.5) is 0 Å².